The molecule has 2 nitrogen and oxygen atoms in total. The van der Waals surface area contributed by atoms with E-state index in [-0.39, 0.29) is 0 Å². The van der Waals surface area contributed by atoms with Crippen molar-refractivity contribution in [1.29, 1.82) is 0 Å². The molecule has 2 aromatic carbocycles. The molecule has 3 rings (SSSR count). The summed E-state index contributed by atoms with van der Waals surface area (Å²) < 4.78 is 3.17. The number of hydrogen-bond donors (Lipinski definition) is 0. The number of rotatable bonds is 1. The summed E-state index contributed by atoms with van der Waals surface area (Å²) in [6.07, 6.45) is 0. The summed E-state index contributed by atoms with van der Waals surface area (Å²) in [6.45, 7) is 2.09. The Morgan fingerprint density at radius 3 is 2.44 bits per heavy atom. The maximum Gasteiger partial charge on any atom is 0.140 e. The fourth-order valence-corrected chi connectivity index (χ4v) is 2.59. The molecule has 0 fully saturated rings. The predicted octanol–water partition coefficient (Wildman–Crippen LogP) is 4.31. The first-order chi connectivity index (χ1) is 8.66. The summed E-state index contributed by atoms with van der Waals surface area (Å²) in [4.78, 5) is 4.73. The highest BCUT2D eigenvalue weighted by Gasteiger charge is 2.11. The van der Waals surface area contributed by atoms with Crippen LogP contribution >= 0.6 is 15.9 Å². The molecule has 0 amide bonds. The second-order valence-electron chi connectivity index (χ2n) is 4.47. The Labute approximate surface area is 114 Å². The van der Waals surface area contributed by atoms with E-state index in [2.05, 4.69) is 64.8 Å². The third-order valence-electron chi connectivity index (χ3n) is 3.17. The predicted molar refractivity (Wildman–Crippen MR) is 78.6 cm³/mol. The van der Waals surface area contributed by atoms with Gasteiger partial charge in [-0.25, -0.2) is 4.98 Å². The van der Waals surface area contributed by atoms with Crippen LogP contribution < -0.4 is 0 Å². The van der Waals surface area contributed by atoms with Gasteiger partial charge in [0.2, 0.25) is 0 Å². The van der Waals surface area contributed by atoms with E-state index in [4.69, 9.17) is 4.98 Å². The molecule has 0 saturated heterocycles. The van der Waals surface area contributed by atoms with Gasteiger partial charge >= 0.3 is 0 Å². The van der Waals surface area contributed by atoms with E-state index in [1.165, 1.54) is 5.56 Å². The molecule has 0 unspecified atom stereocenters. The highest BCUT2D eigenvalue weighted by Crippen LogP contribution is 2.28. The lowest BCUT2D eigenvalue weighted by Gasteiger charge is -2.02. The second kappa shape index (κ2) is 4.25. The van der Waals surface area contributed by atoms with Crippen molar-refractivity contribution in [1.82, 2.24) is 9.55 Å². The Morgan fingerprint density at radius 1 is 1.06 bits per heavy atom. The number of aryl methyl sites for hydroxylation is 2. The lowest BCUT2D eigenvalue weighted by Crippen LogP contribution is -1.92. The van der Waals surface area contributed by atoms with Gasteiger partial charge in [-0.2, -0.15) is 0 Å². The zero-order valence-electron chi connectivity index (χ0n) is 10.3. The fourth-order valence-electron chi connectivity index (χ4n) is 2.14. The molecule has 0 radical (unpaired) electrons. The van der Waals surface area contributed by atoms with Gasteiger partial charge in [0.15, 0.2) is 0 Å². The number of nitrogens with zero attached hydrogens (tertiary/aromatic N) is 2. The van der Waals surface area contributed by atoms with E-state index in [1.54, 1.807) is 0 Å². The number of halogens is 1. The van der Waals surface area contributed by atoms with Crippen LogP contribution in [0.5, 0.6) is 0 Å². The van der Waals surface area contributed by atoms with E-state index < -0.39 is 0 Å². The van der Waals surface area contributed by atoms with Crippen LogP contribution in [0, 0.1) is 6.92 Å². The van der Waals surface area contributed by atoms with Crippen molar-refractivity contribution >= 4 is 27.0 Å². The van der Waals surface area contributed by atoms with Gasteiger partial charge in [0, 0.05) is 17.1 Å². The van der Waals surface area contributed by atoms with E-state index in [0.717, 1.165) is 26.9 Å². The van der Waals surface area contributed by atoms with Gasteiger partial charge in [0.25, 0.3) is 0 Å². The summed E-state index contributed by atoms with van der Waals surface area (Å²) in [5, 5.41) is 0. The molecule has 3 heteroatoms. The van der Waals surface area contributed by atoms with Gasteiger partial charge in [0.05, 0.1) is 5.52 Å². The van der Waals surface area contributed by atoms with Gasteiger partial charge in [-0.15, -0.1) is 0 Å². The van der Waals surface area contributed by atoms with Crippen molar-refractivity contribution < 1.29 is 0 Å². The molecule has 0 aliphatic rings. The molecule has 90 valence electrons. The van der Waals surface area contributed by atoms with Crippen LogP contribution in [-0.2, 0) is 7.05 Å². The topological polar surface area (TPSA) is 17.8 Å². The summed E-state index contributed by atoms with van der Waals surface area (Å²) in [5.74, 6) is 0.997. The van der Waals surface area contributed by atoms with Gasteiger partial charge in [-0.1, -0.05) is 35.9 Å². The van der Waals surface area contributed by atoms with E-state index in [9.17, 15) is 0 Å². The highest BCUT2D eigenvalue weighted by atomic mass is 79.9. The molecule has 3 aromatic rings. The standard InChI is InChI=1S/C15H13BrN2/c1-10-6-8-11(9-7-10)15-17-14-12(16)4-3-5-13(14)18(15)2/h3-9H,1-2H3. The van der Waals surface area contributed by atoms with Crippen LogP contribution in [0.2, 0.25) is 0 Å². The van der Waals surface area contributed by atoms with Gasteiger partial charge in [0.1, 0.15) is 11.3 Å². The molecule has 0 atom stereocenters. The third kappa shape index (κ3) is 1.75. The molecule has 0 spiro atoms. The van der Waals surface area contributed by atoms with E-state index in [0.29, 0.717) is 0 Å². The minimum atomic E-state index is 0.997. The molecule has 1 heterocycles. The second-order valence-corrected chi connectivity index (χ2v) is 5.32. The number of benzene rings is 2. The van der Waals surface area contributed by atoms with Crippen molar-refractivity contribution in [2.75, 3.05) is 0 Å². The number of imidazole rings is 1. The Morgan fingerprint density at radius 2 is 1.78 bits per heavy atom. The maximum atomic E-state index is 4.73. The van der Waals surface area contributed by atoms with E-state index >= 15 is 0 Å². The Hall–Kier alpha value is -1.61. The largest absolute Gasteiger partial charge is 0.327 e. The lowest BCUT2D eigenvalue weighted by atomic mass is 10.1. The van der Waals surface area contributed by atoms with Gasteiger partial charge in [-0.05, 0) is 35.0 Å². The highest BCUT2D eigenvalue weighted by molar-refractivity contribution is 9.10. The average molecular weight is 301 g/mol. The normalized spacial score (nSPS) is 11.1. The van der Waals surface area contributed by atoms with Crippen molar-refractivity contribution in [3.05, 3.63) is 52.5 Å². The summed E-state index contributed by atoms with van der Waals surface area (Å²) >= 11 is 3.55. The number of aromatic nitrogens is 2. The molecule has 1 aromatic heterocycles. The molecule has 0 bridgehead atoms. The zero-order valence-corrected chi connectivity index (χ0v) is 11.9. The van der Waals surface area contributed by atoms with Crippen LogP contribution in [0.15, 0.2) is 46.9 Å². The monoisotopic (exact) mass is 300 g/mol. The quantitative estimate of drug-likeness (QED) is 0.655. The van der Waals surface area contributed by atoms with Gasteiger partial charge < -0.3 is 4.57 Å². The van der Waals surface area contributed by atoms with Crippen LogP contribution in [-0.4, -0.2) is 9.55 Å². The van der Waals surface area contributed by atoms with Crippen LogP contribution in [0.3, 0.4) is 0 Å². The Kier molecular flexibility index (Phi) is 2.71. The molecular weight excluding hydrogens is 288 g/mol. The fraction of sp³-hybridized carbons (Fsp3) is 0.133. The summed E-state index contributed by atoms with van der Waals surface area (Å²) in [7, 11) is 2.05. The van der Waals surface area contributed by atoms with Crippen molar-refractivity contribution in [2.24, 2.45) is 7.05 Å². The Bertz CT molecular complexity index is 711. The van der Waals surface area contributed by atoms with Crippen molar-refractivity contribution in [3.8, 4) is 11.4 Å². The Balaban J connectivity index is 2.27. The lowest BCUT2D eigenvalue weighted by molar-refractivity contribution is 0.959. The smallest absolute Gasteiger partial charge is 0.140 e. The number of para-hydroxylation sites is 1. The first-order valence-corrected chi connectivity index (χ1v) is 6.64. The molecular formula is C15H13BrN2. The first-order valence-electron chi connectivity index (χ1n) is 5.85. The van der Waals surface area contributed by atoms with Crippen molar-refractivity contribution in [3.63, 3.8) is 0 Å². The molecule has 0 N–H and O–H groups in total. The first kappa shape index (κ1) is 11.5. The van der Waals surface area contributed by atoms with Gasteiger partial charge in [-0.3, -0.25) is 0 Å². The third-order valence-corrected chi connectivity index (χ3v) is 3.81. The molecule has 0 aliphatic carbocycles. The molecule has 18 heavy (non-hydrogen) atoms. The van der Waals surface area contributed by atoms with Crippen LogP contribution in [0.25, 0.3) is 22.4 Å². The molecule has 0 saturated carbocycles. The summed E-state index contributed by atoms with van der Waals surface area (Å²) in [5.41, 5.74) is 4.56. The van der Waals surface area contributed by atoms with Crippen LogP contribution in [0.4, 0.5) is 0 Å². The molecule has 0 aliphatic heterocycles. The minimum Gasteiger partial charge on any atom is -0.327 e. The summed E-state index contributed by atoms with van der Waals surface area (Å²) in [6, 6.07) is 14.6. The maximum absolute atomic E-state index is 4.73. The minimum absolute atomic E-state index is 0.997. The average Bonchev–Trinajstić information content (AvgIpc) is 2.70. The zero-order chi connectivity index (χ0) is 12.7. The SMILES string of the molecule is Cc1ccc(-c2nc3c(Br)cccc3n2C)cc1. The van der Waals surface area contributed by atoms with Crippen LogP contribution in [0.1, 0.15) is 5.56 Å². The number of fused-ring (bicyclic) bond motifs is 1. The van der Waals surface area contributed by atoms with E-state index in [1.807, 2.05) is 12.1 Å². The van der Waals surface area contributed by atoms with Crippen molar-refractivity contribution in [2.45, 2.75) is 6.92 Å². The number of hydrogen-bond acceptors (Lipinski definition) is 1.